The second kappa shape index (κ2) is 8.27. The van der Waals surface area contributed by atoms with Gasteiger partial charge in [-0.15, -0.1) is 0 Å². The monoisotopic (exact) mass is 362 g/mol. The Hall–Kier alpha value is -1.79. The van der Waals surface area contributed by atoms with E-state index in [4.69, 9.17) is 9.84 Å². The molecule has 2 fully saturated rings. The summed E-state index contributed by atoms with van der Waals surface area (Å²) >= 11 is 0. The van der Waals surface area contributed by atoms with Crippen LogP contribution in [0.25, 0.3) is 0 Å². The van der Waals surface area contributed by atoms with E-state index in [1.807, 2.05) is 4.90 Å². The number of amides is 1. The minimum Gasteiger partial charge on any atom is -0.508 e. The zero-order chi connectivity index (χ0) is 18.6. The number of hydrogen-bond acceptors (Lipinski definition) is 5. The van der Waals surface area contributed by atoms with E-state index in [2.05, 4.69) is 4.90 Å². The van der Waals surface area contributed by atoms with Gasteiger partial charge < -0.3 is 19.8 Å². The third kappa shape index (κ3) is 4.30. The van der Waals surface area contributed by atoms with Crippen LogP contribution in [-0.2, 0) is 11.3 Å². The van der Waals surface area contributed by atoms with E-state index in [1.165, 1.54) is 0 Å². The molecule has 0 bridgehead atoms. The number of ether oxygens (including phenoxy) is 1. The largest absolute Gasteiger partial charge is 0.508 e. The van der Waals surface area contributed by atoms with Gasteiger partial charge in [0.15, 0.2) is 0 Å². The summed E-state index contributed by atoms with van der Waals surface area (Å²) in [7, 11) is 1.65. The number of benzene rings is 1. The maximum atomic E-state index is 12.2. The number of phenols is 1. The average molecular weight is 362 g/mol. The van der Waals surface area contributed by atoms with Gasteiger partial charge in [0.25, 0.3) is 0 Å². The van der Waals surface area contributed by atoms with Crippen molar-refractivity contribution >= 4 is 5.91 Å². The van der Waals surface area contributed by atoms with Crippen LogP contribution in [-0.4, -0.2) is 65.8 Å². The third-order valence-corrected chi connectivity index (χ3v) is 5.73. The highest BCUT2D eigenvalue weighted by atomic mass is 16.5. The highest BCUT2D eigenvalue weighted by Crippen LogP contribution is 2.39. The lowest BCUT2D eigenvalue weighted by Gasteiger charge is -2.48. The molecule has 2 aliphatic heterocycles. The number of methoxy groups -OCH3 is 1. The highest BCUT2D eigenvalue weighted by molar-refractivity contribution is 5.77. The number of hydrogen-bond donors (Lipinski definition) is 2. The first-order valence-electron chi connectivity index (χ1n) is 9.52. The van der Waals surface area contributed by atoms with E-state index < -0.39 is 0 Å². The number of rotatable bonds is 6. The smallest absolute Gasteiger partial charge is 0.222 e. The molecule has 1 amide bonds. The van der Waals surface area contributed by atoms with Crippen LogP contribution >= 0.6 is 0 Å². The zero-order valence-electron chi connectivity index (χ0n) is 15.6. The van der Waals surface area contributed by atoms with Crippen molar-refractivity contribution in [3.05, 3.63) is 23.8 Å². The topological polar surface area (TPSA) is 73.2 Å². The number of likely N-dealkylation sites (tertiary alicyclic amines) is 2. The van der Waals surface area contributed by atoms with Crippen molar-refractivity contribution in [3.63, 3.8) is 0 Å². The SMILES string of the molecule is COc1ccc(O)cc1CN1CCCC2(CCC(=O)N(CCCO)C2)C1. The standard InChI is InChI=1S/C20H30N2O4/c1-26-18-5-4-17(24)12-16(18)13-21-9-2-7-20(14-21)8-6-19(25)22(15-20)10-3-11-23/h4-5,12,23-24H,2-3,6-11,13-15H2,1H3. The van der Waals surface area contributed by atoms with E-state index in [9.17, 15) is 9.90 Å². The van der Waals surface area contributed by atoms with Crippen LogP contribution in [0.4, 0.5) is 0 Å². The molecular weight excluding hydrogens is 332 g/mol. The molecule has 1 aromatic carbocycles. The summed E-state index contributed by atoms with van der Waals surface area (Å²) in [6.45, 7) is 4.28. The van der Waals surface area contributed by atoms with Crippen molar-refractivity contribution in [2.24, 2.45) is 5.41 Å². The van der Waals surface area contributed by atoms with E-state index in [0.29, 0.717) is 19.4 Å². The van der Waals surface area contributed by atoms with Crippen LogP contribution in [0.15, 0.2) is 18.2 Å². The van der Waals surface area contributed by atoms with Crippen LogP contribution < -0.4 is 4.74 Å². The Morgan fingerprint density at radius 3 is 2.88 bits per heavy atom. The predicted octanol–water partition coefficient (Wildman–Crippen LogP) is 1.99. The van der Waals surface area contributed by atoms with Crippen LogP contribution in [0, 0.1) is 5.41 Å². The Kier molecular flexibility index (Phi) is 6.04. The molecule has 1 aromatic rings. The number of aliphatic hydroxyl groups is 1. The van der Waals surface area contributed by atoms with Gasteiger partial charge in [0.1, 0.15) is 11.5 Å². The molecule has 2 N–H and O–H groups in total. The van der Waals surface area contributed by atoms with Gasteiger partial charge in [-0.25, -0.2) is 0 Å². The Morgan fingerprint density at radius 1 is 1.27 bits per heavy atom. The molecule has 1 spiro atoms. The second-order valence-electron chi connectivity index (χ2n) is 7.70. The Labute approximate surface area is 155 Å². The molecule has 0 aromatic heterocycles. The van der Waals surface area contributed by atoms with Gasteiger partial charge in [-0.3, -0.25) is 9.69 Å². The van der Waals surface area contributed by atoms with Gasteiger partial charge in [0, 0.05) is 50.2 Å². The number of phenolic OH excluding ortho intramolecular Hbond substituents is 1. The number of aromatic hydroxyl groups is 1. The number of aliphatic hydroxyl groups excluding tert-OH is 1. The third-order valence-electron chi connectivity index (χ3n) is 5.73. The van der Waals surface area contributed by atoms with Crippen molar-refractivity contribution in [2.45, 2.75) is 38.6 Å². The second-order valence-corrected chi connectivity index (χ2v) is 7.70. The van der Waals surface area contributed by atoms with Gasteiger partial charge in [-0.05, 0) is 50.4 Å². The van der Waals surface area contributed by atoms with Gasteiger partial charge >= 0.3 is 0 Å². The highest BCUT2D eigenvalue weighted by Gasteiger charge is 2.41. The van der Waals surface area contributed by atoms with Crippen LogP contribution in [0.5, 0.6) is 11.5 Å². The van der Waals surface area contributed by atoms with Crippen molar-refractivity contribution in [2.75, 3.05) is 39.9 Å². The van der Waals surface area contributed by atoms with Gasteiger partial charge in [-0.2, -0.15) is 0 Å². The molecule has 1 unspecified atom stereocenters. The number of carbonyl (C=O) groups is 1. The van der Waals surface area contributed by atoms with Crippen LogP contribution in [0.2, 0.25) is 0 Å². The molecular formula is C20H30N2O4. The molecule has 2 heterocycles. The molecule has 0 aliphatic carbocycles. The van der Waals surface area contributed by atoms with E-state index in [-0.39, 0.29) is 23.7 Å². The molecule has 6 nitrogen and oxygen atoms in total. The fourth-order valence-corrected chi connectivity index (χ4v) is 4.48. The first-order valence-corrected chi connectivity index (χ1v) is 9.52. The van der Waals surface area contributed by atoms with Crippen molar-refractivity contribution in [1.29, 1.82) is 0 Å². The first kappa shape index (κ1) is 19.0. The average Bonchev–Trinajstić information content (AvgIpc) is 2.63. The van der Waals surface area contributed by atoms with Gasteiger partial charge in [0.2, 0.25) is 5.91 Å². The summed E-state index contributed by atoms with van der Waals surface area (Å²) in [4.78, 5) is 16.6. The molecule has 0 saturated carbocycles. The molecule has 144 valence electrons. The first-order chi connectivity index (χ1) is 12.5. The molecule has 26 heavy (non-hydrogen) atoms. The van der Waals surface area contributed by atoms with Crippen molar-refractivity contribution in [3.8, 4) is 11.5 Å². The lowest BCUT2D eigenvalue weighted by molar-refractivity contribution is -0.139. The number of nitrogens with zero attached hydrogens (tertiary/aromatic N) is 2. The van der Waals surface area contributed by atoms with E-state index >= 15 is 0 Å². The summed E-state index contributed by atoms with van der Waals surface area (Å²) in [5.41, 5.74) is 1.14. The number of carbonyl (C=O) groups excluding carboxylic acids is 1. The van der Waals surface area contributed by atoms with Crippen molar-refractivity contribution < 1.29 is 19.7 Å². The molecule has 3 rings (SSSR count). The Morgan fingerprint density at radius 2 is 2.12 bits per heavy atom. The van der Waals surface area contributed by atoms with Crippen LogP contribution in [0.1, 0.15) is 37.7 Å². The summed E-state index contributed by atoms with van der Waals surface area (Å²) in [6.07, 6.45) is 4.45. The lowest BCUT2D eigenvalue weighted by atomic mass is 9.73. The molecule has 1 atom stereocenters. The zero-order valence-corrected chi connectivity index (χ0v) is 15.6. The quantitative estimate of drug-likeness (QED) is 0.810. The maximum absolute atomic E-state index is 12.2. The summed E-state index contributed by atoms with van der Waals surface area (Å²) in [5, 5.41) is 18.9. The Balaban J connectivity index is 1.69. The summed E-state index contributed by atoms with van der Waals surface area (Å²) < 4.78 is 5.44. The fraction of sp³-hybridized carbons (Fsp3) is 0.650. The normalized spacial score (nSPS) is 24.2. The summed E-state index contributed by atoms with van der Waals surface area (Å²) in [5.74, 6) is 1.27. The minimum atomic E-state index is 0.125. The van der Waals surface area contributed by atoms with E-state index in [1.54, 1.807) is 25.3 Å². The van der Waals surface area contributed by atoms with Gasteiger partial charge in [0.05, 0.1) is 7.11 Å². The fourth-order valence-electron chi connectivity index (χ4n) is 4.48. The van der Waals surface area contributed by atoms with Crippen LogP contribution in [0.3, 0.4) is 0 Å². The molecule has 2 aliphatic rings. The summed E-state index contributed by atoms with van der Waals surface area (Å²) in [6, 6.07) is 5.23. The molecule has 0 radical (unpaired) electrons. The number of piperidine rings is 2. The van der Waals surface area contributed by atoms with Gasteiger partial charge in [-0.1, -0.05) is 0 Å². The molecule has 2 saturated heterocycles. The Bertz CT molecular complexity index is 636. The van der Waals surface area contributed by atoms with Crippen molar-refractivity contribution in [1.82, 2.24) is 9.80 Å². The lowest BCUT2D eigenvalue weighted by Crippen LogP contribution is -2.54. The maximum Gasteiger partial charge on any atom is 0.222 e. The minimum absolute atomic E-state index is 0.125. The van der Waals surface area contributed by atoms with E-state index in [0.717, 1.165) is 56.8 Å². The molecule has 6 heteroatoms. The predicted molar refractivity (Wildman–Crippen MR) is 99.1 cm³/mol.